The maximum absolute atomic E-state index is 12.6. The van der Waals surface area contributed by atoms with E-state index in [0.717, 1.165) is 44.2 Å². The number of nitrogens with zero attached hydrogens (tertiary/aromatic N) is 1. The first kappa shape index (κ1) is 14.6. The van der Waals surface area contributed by atoms with Crippen LogP contribution in [0, 0.1) is 12.8 Å². The number of carbonyl (C=O) groups is 1. The third-order valence-electron chi connectivity index (χ3n) is 5.12. The van der Waals surface area contributed by atoms with Crippen molar-refractivity contribution in [3.05, 3.63) is 35.4 Å². The van der Waals surface area contributed by atoms with Gasteiger partial charge in [-0.2, -0.15) is 0 Å². The van der Waals surface area contributed by atoms with Gasteiger partial charge in [-0.05, 0) is 38.2 Å². The van der Waals surface area contributed by atoms with E-state index in [1.807, 2.05) is 17.0 Å². The third kappa shape index (κ3) is 3.13. The molecular formula is C18H25NO2. The molecule has 0 radical (unpaired) electrons. The first-order chi connectivity index (χ1) is 10.1. The lowest BCUT2D eigenvalue weighted by atomic mass is 9.93. The molecule has 21 heavy (non-hydrogen) atoms. The van der Waals surface area contributed by atoms with Crippen LogP contribution in [0.1, 0.15) is 43.2 Å². The molecule has 1 amide bonds. The molecule has 0 aromatic heterocycles. The molecule has 3 heteroatoms. The van der Waals surface area contributed by atoms with Crippen LogP contribution in [0.3, 0.4) is 0 Å². The predicted molar refractivity (Wildman–Crippen MR) is 83.0 cm³/mol. The summed E-state index contributed by atoms with van der Waals surface area (Å²) >= 11 is 0. The number of aryl methyl sites for hydroxylation is 1. The fourth-order valence-corrected chi connectivity index (χ4v) is 3.95. The number of benzene rings is 1. The van der Waals surface area contributed by atoms with Crippen molar-refractivity contribution in [1.29, 1.82) is 0 Å². The average Bonchev–Trinajstić information content (AvgIpc) is 3.09. The van der Waals surface area contributed by atoms with E-state index in [1.54, 1.807) is 0 Å². The third-order valence-corrected chi connectivity index (χ3v) is 5.12. The van der Waals surface area contributed by atoms with Gasteiger partial charge in [0.1, 0.15) is 0 Å². The molecule has 1 aromatic carbocycles. The highest BCUT2D eigenvalue weighted by Crippen LogP contribution is 2.36. The number of carbonyl (C=O) groups excluding carboxylic acids is 1. The minimum absolute atomic E-state index is 0.206. The Bertz CT molecular complexity index is 496. The quantitative estimate of drug-likeness (QED) is 0.928. The van der Waals surface area contributed by atoms with Crippen LogP contribution < -0.4 is 0 Å². The normalized spacial score (nSPS) is 29.0. The van der Waals surface area contributed by atoms with Gasteiger partial charge >= 0.3 is 0 Å². The van der Waals surface area contributed by atoms with Crippen LogP contribution in [0.5, 0.6) is 0 Å². The van der Waals surface area contributed by atoms with Crippen LogP contribution in [-0.4, -0.2) is 34.6 Å². The molecule has 1 aliphatic carbocycles. The highest BCUT2D eigenvalue weighted by Gasteiger charge is 2.39. The summed E-state index contributed by atoms with van der Waals surface area (Å²) in [6, 6.07) is 8.47. The Morgan fingerprint density at radius 3 is 2.62 bits per heavy atom. The zero-order chi connectivity index (χ0) is 14.8. The standard InChI is InChI=1S/C18H25NO2/c1-13-7-9-14(10-8-13)12-18(21)19-11-3-5-16(19)15-4-2-6-17(15)20/h7-10,15-17,20H,2-6,11-12H2,1H3. The second kappa shape index (κ2) is 6.18. The first-order valence-corrected chi connectivity index (χ1v) is 8.18. The molecule has 0 spiro atoms. The van der Waals surface area contributed by atoms with E-state index in [9.17, 15) is 9.90 Å². The van der Waals surface area contributed by atoms with Crippen LogP contribution in [0.2, 0.25) is 0 Å². The van der Waals surface area contributed by atoms with Crippen LogP contribution in [0.25, 0.3) is 0 Å². The Labute approximate surface area is 127 Å². The number of hydrogen-bond donors (Lipinski definition) is 1. The number of amides is 1. The first-order valence-electron chi connectivity index (χ1n) is 8.18. The van der Waals surface area contributed by atoms with E-state index in [1.165, 1.54) is 5.56 Å². The molecule has 2 aliphatic rings. The van der Waals surface area contributed by atoms with Gasteiger partial charge in [-0.3, -0.25) is 4.79 Å². The lowest BCUT2D eigenvalue weighted by Gasteiger charge is -2.31. The monoisotopic (exact) mass is 287 g/mol. The second-order valence-electron chi connectivity index (χ2n) is 6.62. The number of hydrogen-bond acceptors (Lipinski definition) is 2. The fourth-order valence-electron chi connectivity index (χ4n) is 3.95. The molecule has 1 heterocycles. The van der Waals surface area contributed by atoms with Crippen molar-refractivity contribution < 1.29 is 9.90 Å². The highest BCUT2D eigenvalue weighted by molar-refractivity contribution is 5.79. The Morgan fingerprint density at radius 2 is 1.95 bits per heavy atom. The van der Waals surface area contributed by atoms with Crippen molar-refractivity contribution in [3.8, 4) is 0 Å². The molecular weight excluding hydrogens is 262 g/mol. The Balaban J connectivity index is 1.67. The van der Waals surface area contributed by atoms with Gasteiger partial charge < -0.3 is 10.0 Å². The summed E-state index contributed by atoms with van der Waals surface area (Å²) in [7, 11) is 0. The largest absolute Gasteiger partial charge is 0.393 e. The lowest BCUT2D eigenvalue weighted by molar-refractivity contribution is -0.132. The zero-order valence-corrected chi connectivity index (χ0v) is 12.8. The van der Waals surface area contributed by atoms with Gasteiger partial charge in [-0.1, -0.05) is 36.2 Å². The van der Waals surface area contributed by atoms with Gasteiger partial charge in [-0.15, -0.1) is 0 Å². The van der Waals surface area contributed by atoms with Crippen molar-refractivity contribution in [2.75, 3.05) is 6.54 Å². The predicted octanol–water partition coefficient (Wildman–Crippen LogP) is 2.69. The highest BCUT2D eigenvalue weighted by atomic mass is 16.3. The van der Waals surface area contributed by atoms with Crippen molar-refractivity contribution in [1.82, 2.24) is 4.90 Å². The summed E-state index contributed by atoms with van der Waals surface area (Å²) in [6.07, 6.45) is 5.49. The van der Waals surface area contributed by atoms with Crippen LogP contribution in [0.4, 0.5) is 0 Å². The minimum atomic E-state index is -0.206. The number of aliphatic hydroxyl groups is 1. The molecule has 114 valence electrons. The number of rotatable bonds is 3. The van der Waals surface area contributed by atoms with Crippen LogP contribution in [-0.2, 0) is 11.2 Å². The van der Waals surface area contributed by atoms with Gasteiger partial charge in [0.25, 0.3) is 0 Å². The molecule has 3 nitrogen and oxygen atoms in total. The van der Waals surface area contributed by atoms with Gasteiger partial charge in [-0.25, -0.2) is 0 Å². The zero-order valence-electron chi connectivity index (χ0n) is 12.8. The summed E-state index contributed by atoms with van der Waals surface area (Å²) in [5.74, 6) is 0.523. The fraction of sp³-hybridized carbons (Fsp3) is 0.611. The summed E-state index contributed by atoms with van der Waals surface area (Å²) in [4.78, 5) is 14.7. The molecule has 3 unspecified atom stereocenters. The summed E-state index contributed by atoms with van der Waals surface area (Å²) in [5, 5.41) is 10.1. The van der Waals surface area contributed by atoms with Crippen molar-refractivity contribution in [2.45, 2.75) is 57.6 Å². The van der Waals surface area contributed by atoms with E-state index in [4.69, 9.17) is 0 Å². The number of aliphatic hydroxyl groups excluding tert-OH is 1. The van der Waals surface area contributed by atoms with Gasteiger partial charge in [0.15, 0.2) is 0 Å². The summed E-state index contributed by atoms with van der Waals surface area (Å²) in [6.45, 7) is 2.92. The molecule has 1 saturated heterocycles. The molecule has 1 saturated carbocycles. The smallest absolute Gasteiger partial charge is 0.227 e. The Kier molecular flexibility index (Phi) is 4.29. The summed E-state index contributed by atoms with van der Waals surface area (Å²) < 4.78 is 0. The van der Waals surface area contributed by atoms with Crippen molar-refractivity contribution in [3.63, 3.8) is 0 Å². The Hall–Kier alpha value is -1.35. The minimum Gasteiger partial charge on any atom is -0.393 e. The van der Waals surface area contributed by atoms with Gasteiger partial charge in [0.2, 0.25) is 5.91 Å². The van der Waals surface area contributed by atoms with Gasteiger partial charge in [0, 0.05) is 18.5 Å². The Morgan fingerprint density at radius 1 is 1.19 bits per heavy atom. The maximum atomic E-state index is 12.6. The molecule has 3 atom stereocenters. The van der Waals surface area contributed by atoms with Crippen molar-refractivity contribution >= 4 is 5.91 Å². The SMILES string of the molecule is Cc1ccc(CC(=O)N2CCCC2C2CCCC2O)cc1. The van der Waals surface area contributed by atoms with E-state index >= 15 is 0 Å². The molecule has 1 N–H and O–H groups in total. The van der Waals surface area contributed by atoms with Gasteiger partial charge in [0.05, 0.1) is 12.5 Å². The average molecular weight is 287 g/mol. The molecule has 3 rings (SSSR count). The molecule has 0 bridgehead atoms. The summed E-state index contributed by atoms with van der Waals surface area (Å²) in [5.41, 5.74) is 2.31. The van der Waals surface area contributed by atoms with E-state index < -0.39 is 0 Å². The second-order valence-corrected chi connectivity index (χ2v) is 6.62. The molecule has 1 aliphatic heterocycles. The van der Waals surface area contributed by atoms with E-state index in [-0.39, 0.29) is 18.1 Å². The topological polar surface area (TPSA) is 40.5 Å². The maximum Gasteiger partial charge on any atom is 0.227 e. The lowest BCUT2D eigenvalue weighted by Crippen LogP contribution is -2.43. The molecule has 2 fully saturated rings. The number of likely N-dealkylation sites (tertiary alicyclic amines) is 1. The van der Waals surface area contributed by atoms with Crippen LogP contribution >= 0.6 is 0 Å². The van der Waals surface area contributed by atoms with E-state index in [2.05, 4.69) is 19.1 Å². The van der Waals surface area contributed by atoms with Crippen molar-refractivity contribution in [2.24, 2.45) is 5.92 Å². The van der Waals surface area contributed by atoms with E-state index in [0.29, 0.717) is 12.3 Å². The van der Waals surface area contributed by atoms with Crippen LogP contribution in [0.15, 0.2) is 24.3 Å². The molecule has 1 aromatic rings.